The normalized spacial score (nSPS) is 12.7. The standard InChI is InChI=1S/C16H19F3N4O5S2/c1-3-23(4-2)30(26,27)14-8-9-15(20-11-14)21-22-29(24,25)13-7-5-6-12(10-13)28-16(17,18)19/h5-11,22H,3-4H2,1-2H3,(H,20,21). The smallest absolute Gasteiger partial charge is 0.406 e. The van der Waals surface area contributed by atoms with Crippen molar-refractivity contribution >= 4 is 25.9 Å². The van der Waals surface area contributed by atoms with E-state index in [1.807, 2.05) is 4.83 Å². The molecule has 0 spiro atoms. The van der Waals surface area contributed by atoms with Crippen LogP contribution in [0.3, 0.4) is 0 Å². The molecule has 0 aliphatic heterocycles. The van der Waals surface area contributed by atoms with Gasteiger partial charge in [-0.1, -0.05) is 19.9 Å². The zero-order valence-corrected chi connectivity index (χ0v) is 17.5. The summed E-state index contributed by atoms with van der Waals surface area (Å²) in [5.74, 6) is -0.728. The lowest BCUT2D eigenvalue weighted by molar-refractivity contribution is -0.274. The van der Waals surface area contributed by atoms with E-state index in [1.54, 1.807) is 13.8 Å². The van der Waals surface area contributed by atoms with Crippen LogP contribution in [-0.2, 0) is 20.0 Å². The fourth-order valence-electron chi connectivity index (χ4n) is 2.34. The second-order valence-electron chi connectivity index (χ2n) is 5.72. The Kier molecular flexibility index (Phi) is 7.28. The molecule has 9 nitrogen and oxygen atoms in total. The first kappa shape index (κ1) is 23.9. The molecule has 0 fully saturated rings. The van der Waals surface area contributed by atoms with Gasteiger partial charge in [0.1, 0.15) is 16.5 Å². The van der Waals surface area contributed by atoms with Crippen LogP contribution in [0, 0.1) is 0 Å². The summed E-state index contributed by atoms with van der Waals surface area (Å²) < 4.78 is 91.2. The number of alkyl halides is 3. The highest BCUT2D eigenvalue weighted by molar-refractivity contribution is 7.89. The van der Waals surface area contributed by atoms with Crippen LogP contribution in [0.4, 0.5) is 19.0 Å². The Morgan fingerprint density at radius 2 is 1.70 bits per heavy atom. The van der Waals surface area contributed by atoms with Gasteiger partial charge in [0, 0.05) is 25.4 Å². The minimum absolute atomic E-state index is 0.0280. The van der Waals surface area contributed by atoms with E-state index in [0.717, 1.165) is 24.4 Å². The molecule has 0 bridgehead atoms. The summed E-state index contributed by atoms with van der Waals surface area (Å²) in [7, 11) is -8.00. The summed E-state index contributed by atoms with van der Waals surface area (Å²) in [4.78, 5) is 5.23. The van der Waals surface area contributed by atoms with Crippen molar-refractivity contribution in [1.82, 2.24) is 14.1 Å². The first-order chi connectivity index (χ1) is 13.9. The average Bonchev–Trinajstić information content (AvgIpc) is 2.66. The highest BCUT2D eigenvalue weighted by atomic mass is 32.2. The lowest BCUT2D eigenvalue weighted by Gasteiger charge is -2.18. The molecule has 166 valence electrons. The Labute approximate surface area is 171 Å². The van der Waals surface area contributed by atoms with Gasteiger partial charge in [0.05, 0.1) is 4.90 Å². The number of hydrogen-bond acceptors (Lipinski definition) is 7. The van der Waals surface area contributed by atoms with E-state index in [2.05, 4.69) is 15.1 Å². The van der Waals surface area contributed by atoms with E-state index in [1.165, 1.54) is 16.4 Å². The number of pyridine rings is 1. The predicted molar refractivity (Wildman–Crippen MR) is 101 cm³/mol. The minimum atomic E-state index is -4.97. The molecule has 1 aromatic carbocycles. The van der Waals surface area contributed by atoms with Crippen LogP contribution < -0.4 is 15.0 Å². The Morgan fingerprint density at radius 3 is 2.23 bits per heavy atom. The molecule has 0 amide bonds. The van der Waals surface area contributed by atoms with Crippen molar-refractivity contribution in [2.45, 2.75) is 30.0 Å². The van der Waals surface area contributed by atoms with Crippen molar-refractivity contribution in [2.24, 2.45) is 0 Å². The molecule has 2 rings (SSSR count). The topological polar surface area (TPSA) is 118 Å². The van der Waals surface area contributed by atoms with E-state index >= 15 is 0 Å². The van der Waals surface area contributed by atoms with Crippen LogP contribution in [0.5, 0.6) is 5.75 Å². The van der Waals surface area contributed by atoms with E-state index in [-0.39, 0.29) is 23.8 Å². The predicted octanol–water partition coefficient (Wildman–Crippen LogP) is 2.32. The number of anilines is 1. The molecule has 0 aliphatic carbocycles. The summed E-state index contributed by atoms with van der Waals surface area (Å²) >= 11 is 0. The first-order valence-electron chi connectivity index (χ1n) is 8.49. The summed E-state index contributed by atoms with van der Waals surface area (Å²) in [5.41, 5.74) is 2.27. The molecule has 30 heavy (non-hydrogen) atoms. The van der Waals surface area contributed by atoms with Crippen LogP contribution in [0.1, 0.15) is 13.8 Å². The Morgan fingerprint density at radius 1 is 1.03 bits per heavy atom. The molecule has 0 saturated carbocycles. The molecular weight excluding hydrogens is 449 g/mol. The van der Waals surface area contributed by atoms with Crippen molar-refractivity contribution in [1.29, 1.82) is 0 Å². The average molecular weight is 468 g/mol. The number of nitrogens with one attached hydrogen (secondary N) is 2. The van der Waals surface area contributed by atoms with E-state index < -0.39 is 37.1 Å². The minimum Gasteiger partial charge on any atom is -0.406 e. The second kappa shape index (κ2) is 9.16. The zero-order chi connectivity index (χ0) is 22.6. The number of rotatable bonds is 9. The van der Waals surface area contributed by atoms with Crippen molar-refractivity contribution in [3.05, 3.63) is 42.6 Å². The molecule has 2 aromatic rings. The number of nitrogens with zero attached hydrogens (tertiary/aromatic N) is 2. The molecule has 14 heteroatoms. The van der Waals surface area contributed by atoms with Gasteiger partial charge in [0.2, 0.25) is 10.0 Å². The number of ether oxygens (including phenoxy) is 1. The van der Waals surface area contributed by atoms with Gasteiger partial charge in [-0.3, -0.25) is 5.43 Å². The lowest BCUT2D eigenvalue weighted by atomic mass is 10.3. The number of hydrazine groups is 1. The SMILES string of the molecule is CCN(CC)S(=O)(=O)c1ccc(NNS(=O)(=O)c2cccc(OC(F)(F)F)c2)nc1. The number of hydrogen-bond donors (Lipinski definition) is 2. The van der Waals surface area contributed by atoms with Gasteiger partial charge in [0.15, 0.2) is 0 Å². The molecule has 0 aliphatic rings. The number of benzene rings is 1. The molecule has 0 unspecified atom stereocenters. The van der Waals surface area contributed by atoms with Crippen LogP contribution in [0.15, 0.2) is 52.4 Å². The molecule has 1 heterocycles. The Bertz CT molecular complexity index is 1070. The third-order valence-corrected chi connectivity index (χ3v) is 7.02. The van der Waals surface area contributed by atoms with Crippen molar-refractivity contribution in [3.8, 4) is 5.75 Å². The molecule has 0 radical (unpaired) electrons. The Balaban J connectivity index is 2.13. The maximum absolute atomic E-state index is 12.4. The van der Waals surface area contributed by atoms with E-state index in [9.17, 15) is 30.0 Å². The molecule has 2 N–H and O–H groups in total. The van der Waals surface area contributed by atoms with Gasteiger partial charge in [0.25, 0.3) is 10.0 Å². The van der Waals surface area contributed by atoms with Crippen molar-refractivity contribution < 1.29 is 34.7 Å². The van der Waals surface area contributed by atoms with Crippen LogP contribution in [-0.4, -0.2) is 45.6 Å². The zero-order valence-electron chi connectivity index (χ0n) is 15.8. The van der Waals surface area contributed by atoms with Gasteiger partial charge in [-0.15, -0.1) is 18.0 Å². The number of sulfonamides is 2. The van der Waals surface area contributed by atoms with Gasteiger partial charge in [-0.2, -0.15) is 4.31 Å². The van der Waals surface area contributed by atoms with Crippen molar-refractivity contribution in [3.63, 3.8) is 0 Å². The summed E-state index contributed by atoms with van der Waals surface area (Å²) in [6.45, 7) is 3.92. The highest BCUT2D eigenvalue weighted by Crippen LogP contribution is 2.25. The quantitative estimate of drug-likeness (QED) is 0.543. The molecule has 1 aromatic heterocycles. The first-order valence-corrected chi connectivity index (χ1v) is 11.4. The van der Waals surface area contributed by atoms with Gasteiger partial charge in [-0.05, 0) is 24.3 Å². The Hall–Kier alpha value is -2.42. The largest absolute Gasteiger partial charge is 0.573 e. The van der Waals surface area contributed by atoms with Gasteiger partial charge in [-0.25, -0.2) is 21.8 Å². The maximum Gasteiger partial charge on any atom is 0.573 e. The summed E-state index contributed by atoms with van der Waals surface area (Å²) in [6.07, 6.45) is -3.91. The van der Waals surface area contributed by atoms with Gasteiger partial charge >= 0.3 is 6.36 Å². The van der Waals surface area contributed by atoms with Crippen LogP contribution >= 0.6 is 0 Å². The molecule has 0 atom stereocenters. The number of aromatic nitrogens is 1. The van der Waals surface area contributed by atoms with E-state index in [4.69, 9.17) is 0 Å². The van der Waals surface area contributed by atoms with E-state index in [0.29, 0.717) is 6.07 Å². The maximum atomic E-state index is 12.4. The van der Waals surface area contributed by atoms with Gasteiger partial charge < -0.3 is 4.74 Å². The number of halogens is 3. The second-order valence-corrected chi connectivity index (χ2v) is 9.34. The third kappa shape index (κ3) is 6.04. The fraction of sp³-hybridized carbons (Fsp3) is 0.312. The van der Waals surface area contributed by atoms with Crippen LogP contribution in [0.25, 0.3) is 0 Å². The summed E-state index contributed by atoms with van der Waals surface area (Å²) in [6, 6.07) is 6.29. The lowest BCUT2D eigenvalue weighted by Crippen LogP contribution is -2.31. The van der Waals surface area contributed by atoms with Crippen LogP contribution in [0.2, 0.25) is 0 Å². The highest BCUT2D eigenvalue weighted by Gasteiger charge is 2.31. The molecule has 0 saturated heterocycles. The fourth-order valence-corrected chi connectivity index (χ4v) is 4.63. The molecular formula is C16H19F3N4O5S2. The third-order valence-electron chi connectivity index (χ3n) is 3.74. The summed E-state index contributed by atoms with van der Waals surface area (Å²) in [5, 5.41) is 0. The monoisotopic (exact) mass is 468 g/mol. The van der Waals surface area contributed by atoms with Crippen molar-refractivity contribution in [2.75, 3.05) is 18.5 Å².